The van der Waals surface area contributed by atoms with E-state index in [1.54, 1.807) is 17.3 Å². The van der Waals surface area contributed by atoms with Gasteiger partial charge in [-0.3, -0.25) is 4.98 Å². The molecule has 2 aliphatic rings. The summed E-state index contributed by atoms with van der Waals surface area (Å²) in [6, 6.07) is 3.93. The van der Waals surface area contributed by atoms with Crippen LogP contribution in [0.4, 0.5) is 26.2 Å². The molecule has 1 N–H and O–H groups in total. The maximum absolute atomic E-state index is 13.6. The summed E-state index contributed by atoms with van der Waals surface area (Å²) in [6.45, 7) is 3.83. The first-order valence-corrected chi connectivity index (χ1v) is 8.77. The first-order chi connectivity index (χ1) is 12.4. The number of nitrogens with zero attached hydrogens (tertiary/aromatic N) is 5. The lowest BCUT2D eigenvalue weighted by molar-refractivity contribution is 0.0256. The third-order valence-electron chi connectivity index (χ3n) is 4.90. The Morgan fingerprint density at radius 2 is 1.96 bits per heavy atom. The van der Waals surface area contributed by atoms with Crippen LogP contribution in [-0.2, 0) is 0 Å². The first-order valence-electron chi connectivity index (χ1n) is 8.77. The minimum Gasteiger partial charge on any atom is -0.350 e. The van der Waals surface area contributed by atoms with Gasteiger partial charge in [0.05, 0.1) is 24.6 Å². The maximum Gasteiger partial charge on any atom is 0.266 e. The van der Waals surface area contributed by atoms with Gasteiger partial charge in [-0.2, -0.15) is 0 Å². The van der Waals surface area contributed by atoms with Crippen LogP contribution >= 0.6 is 0 Å². The van der Waals surface area contributed by atoms with Crippen LogP contribution in [0.5, 0.6) is 0 Å². The van der Waals surface area contributed by atoms with Crippen LogP contribution in [0.25, 0.3) is 0 Å². The molecule has 2 fully saturated rings. The standard InChI is InChI=1S/C18H22F2N6/c1-12-7-22-16(8-21-12)23-15-5-13(14-9-25(2)10-14)6-17(24-15)26-4-3-18(19,20)11-26/h5-8,14H,3-4,9-11H2,1-2H3,(H,22,23,24). The molecule has 8 heteroatoms. The summed E-state index contributed by atoms with van der Waals surface area (Å²) in [7, 11) is 2.07. The number of likely N-dealkylation sites (tertiary alicyclic amines) is 1. The van der Waals surface area contributed by atoms with Gasteiger partial charge in [0.25, 0.3) is 5.92 Å². The predicted octanol–water partition coefficient (Wildman–Crippen LogP) is 2.80. The number of anilines is 3. The molecule has 2 aliphatic heterocycles. The molecular formula is C18H22F2N6. The van der Waals surface area contributed by atoms with E-state index in [4.69, 9.17) is 0 Å². The van der Waals surface area contributed by atoms with Gasteiger partial charge < -0.3 is 15.1 Å². The van der Waals surface area contributed by atoms with E-state index in [2.05, 4.69) is 32.2 Å². The number of hydrogen-bond acceptors (Lipinski definition) is 6. The van der Waals surface area contributed by atoms with Crippen molar-refractivity contribution in [2.24, 2.45) is 0 Å². The van der Waals surface area contributed by atoms with Crippen molar-refractivity contribution in [1.82, 2.24) is 19.9 Å². The van der Waals surface area contributed by atoms with Gasteiger partial charge in [-0.05, 0) is 31.7 Å². The third kappa shape index (κ3) is 3.60. The van der Waals surface area contributed by atoms with Gasteiger partial charge in [0.1, 0.15) is 17.5 Å². The molecule has 0 bridgehead atoms. The van der Waals surface area contributed by atoms with Gasteiger partial charge in [0.15, 0.2) is 0 Å². The van der Waals surface area contributed by atoms with Crippen LogP contribution in [0.3, 0.4) is 0 Å². The fourth-order valence-corrected chi connectivity index (χ4v) is 3.43. The quantitative estimate of drug-likeness (QED) is 0.905. The minimum atomic E-state index is -2.65. The van der Waals surface area contributed by atoms with E-state index in [9.17, 15) is 8.78 Å². The highest BCUT2D eigenvalue weighted by Crippen LogP contribution is 2.34. The first kappa shape index (κ1) is 17.1. The molecule has 0 spiro atoms. The van der Waals surface area contributed by atoms with Crippen LogP contribution in [0.2, 0.25) is 0 Å². The van der Waals surface area contributed by atoms with Crippen molar-refractivity contribution in [3.8, 4) is 0 Å². The minimum absolute atomic E-state index is 0.128. The van der Waals surface area contributed by atoms with Gasteiger partial charge in [0, 0.05) is 32.0 Å². The second-order valence-corrected chi connectivity index (χ2v) is 7.26. The number of nitrogens with one attached hydrogen (secondary N) is 1. The van der Waals surface area contributed by atoms with E-state index in [1.165, 1.54) is 0 Å². The molecule has 4 rings (SSSR count). The van der Waals surface area contributed by atoms with Crippen LogP contribution in [-0.4, -0.2) is 59.0 Å². The summed E-state index contributed by atoms with van der Waals surface area (Å²) < 4.78 is 27.3. The molecule has 26 heavy (non-hydrogen) atoms. The summed E-state index contributed by atoms with van der Waals surface area (Å²) >= 11 is 0. The highest BCUT2D eigenvalue weighted by molar-refractivity contribution is 5.58. The normalized spacial score (nSPS) is 20.2. The van der Waals surface area contributed by atoms with Crippen LogP contribution in [0.1, 0.15) is 23.6 Å². The second kappa shape index (κ2) is 6.42. The molecule has 0 saturated carbocycles. The molecule has 6 nitrogen and oxygen atoms in total. The summed E-state index contributed by atoms with van der Waals surface area (Å²) in [5.41, 5.74) is 1.95. The predicted molar refractivity (Wildman–Crippen MR) is 96.3 cm³/mol. The van der Waals surface area contributed by atoms with Crippen molar-refractivity contribution in [2.75, 3.05) is 43.4 Å². The zero-order valence-corrected chi connectivity index (χ0v) is 14.9. The molecule has 0 aliphatic carbocycles. The van der Waals surface area contributed by atoms with Crippen molar-refractivity contribution >= 4 is 17.5 Å². The average Bonchev–Trinajstić information content (AvgIpc) is 2.94. The molecule has 2 aromatic rings. The summed E-state index contributed by atoms with van der Waals surface area (Å²) in [5, 5.41) is 3.16. The molecule has 0 radical (unpaired) electrons. The number of hydrogen-bond donors (Lipinski definition) is 1. The Bertz CT molecular complexity index is 789. The number of likely N-dealkylation sites (N-methyl/N-ethyl adjacent to an activating group) is 1. The summed E-state index contributed by atoms with van der Waals surface area (Å²) in [5.74, 6) is -0.458. The smallest absolute Gasteiger partial charge is 0.266 e. The Morgan fingerprint density at radius 3 is 2.58 bits per heavy atom. The van der Waals surface area contributed by atoms with Crippen molar-refractivity contribution in [2.45, 2.75) is 25.2 Å². The molecule has 138 valence electrons. The molecule has 0 amide bonds. The Labute approximate surface area is 151 Å². The zero-order valence-electron chi connectivity index (χ0n) is 14.9. The van der Waals surface area contributed by atoms with E-state index in [1.807, 2.05) is 19.1 Å². The lowest BCUT2D eigenvalue weighted by Gasteiger charge is -2.37. The van der Waals surface area contributed by atoms with Crippen molar-refractivity contribution in [3.05, 3.63) is 35.8 Å². The average molecular weight is 360 g/mol. The number of aryl methyl sites for hydroxylation is 1. The lowest BCUT2D eigenvalue weighted by atomic mass is 9.92. The Balaban J connectivity index is 1.63. The van der Waals surface area contributed by atoms with Gasteiger partial charge in [0.2, 0.25) is 0 Å². The van der Waals surface area contributed by atoms with Gasteiger partial charge in [-0.25, -0.2) is 18.7 Å². The Hall–Kier alpha value is -2.35. The fraction of sp³-hybridized carbons (Fsp3) is 0.500. The molecule has 0 aromatic carbocycles. The van der Waals surface area contributed by atoms with E-state index in [0.29, 0.717) is 29.9 Å². The molecule has 0 atom stereocenters. The SMILES string of the molecule is Cc1cnc(Nc2cc(C3CN(C)C3)cc(N3CCC(F)(F)C3)n2)cn1. The largest absolute Gasteiger partial charge is 0.350 e. The topological polar surface area (TPSA) is 57.2 Å². The highest BCUT2D eigenvalue weighted by Gasteiger charge is 2.39. The van der Waals surface area contributed by atoms with Gasteiger partial charge in [-0.1, -0.05) is 0 Å². The molecule has 2 aromatic heterocycles. The zero-order chi connectivity index (χ0) is 18.3. The number of aromatic nitrogens is 3. The van der Waals surface area contributed by atoms with E-state index >= 15 is 0 Å². The lowest BCUT2D eigenvalue weighted by Crippen LogP contribution is -2.41. The van der Waals surface area contributed by atoms with E-state index < -0.39 is 5.92 Å². The van der Waals surface area contributed by atoms with Crippen molar-refractivity contribution in [1.29, 1.82) is 0 Å². The van der Waals surface area contributed by atoms with Crippen LogP contribution in [0.15, 0.2) is 24.5 Å². The van der Waals surface area contributed by atoms with Crippen LogP contribution in [0, 0.1) is 6.92 Å². The molecule has 4 heterocycles. The number of rotatable bonds is 4. The van der Waals surface area contributed by atoms with Crippen LogP contribution < -0.4 is 10.2 Å². The Morgan fingerprint density at radius 1 is 1.15 bits per heavy atom. The van der Waals surface area contributed by atoms with E-state index in [0.717, 1.165) is 24.3 Å². The van der Waals surface area contributed by atoms with Crippen molar-refractivity contribution in [3.63, 3.8) is 0 Å². The monoisotopic (exact) mass is 360 g/mol. The summed E-state index contributed by atoms with van der Waals surface area (Å²) in [6.07, 6.45) is 3.19. The number of halogens is 2. The molecule has 2 saturated heterocycles. The Kier molecular flexibility index (Phi) is 4.22. The van der Waals surface area contributed by atoms with Gasteiger partial charge >= 0.3 is 0 Å². The van der Waals surface area contributed by atoms with Crippen molar-refractivity contribution < 1.29 is 8.78 Å². The highest BCUT2D eigenvalue weighted by atomic mass is 19.3. The second-order valence-electron chi connectivity index (χ2n) is 7.26. The number of pyridine rings is 1. The van der Waals surface area contributed by atoms with E-state index in [-0.39, 0.29) is 13.0 Å². The number of alkyl halides is 2. The maximum atomic E-state index is 13.6. The molecular weight excluding hydrogens is 338 g/mol. The van der Waals surface area contributed by atoms with Gasteiger partial charge in [-0.15, -0.1) is 0 Å². The fourth-order valence-electron chi connectivity index (χ4n) is 3.43. The third-order valence-corrected chi connectivity index (χ3v) is 4.90. The molecule has 0 unspecified atom stereocenters. The summed E-state index contributed by atoms with van der Waals surface area (Å²) in [4.78, 5) is 17.0.